The number of aryl methyl sites for hydroxylation is 1. The first-order valence-electron chi connectivity index (χ1n) is 7.36. The number of pyridine rings is 1. The minimum absolute atomic E-state index is 0. The van der Waals surface area contributed by atoms with E-state index in [1.807, 2.05) is 11.8 Å². The van der Waals surface area contributed by atoms with Gasteiger partial charge >= 0.3 is 29.6 Å². The number of benzene rings is 1. The largest absolute Gasteiger partial charge is 1.00 e. The molecular formula is C16H16FN2NaO3. The summed E-state index contributed by atoms with van der Waals surface area (Å²) >= 11 is 0. The molecule has 0 bridgehead atoms. The molecule has 0 radical (unpaired) electrons. The first-order chi connectivity index (χ1) is 10.5. The van der Waals surface area contributed by atoms with Crippen molar-refractivity contribution in [3.63, 3.8) is 0 Å². The Morgan fingerprint density at radius 3 is 2.52 bits per heavy atom. The van der Waals surface area contributed by atoms with E-state index >= 15 is 0 Å². The van der Waals surface area contributed by atoms with Crippen molar-refractivity contribution in [3.8, 4) is 0 Å². The quantitative estimate of drug-likeness (QED) is 0.620. The fraction of sp³-hybridized carbons (Fsp3) is 0.375. The van der Waals surface area contributed by atoms with Gasteiger partial charge in [0, 0.05) is 31.2 Å². The molecule has 0 aliphatic carbocycles. The maximum Gasteiger partial charge on any atom is 1.00 e. The van der Waals surface area contributed by atoms with Crippen molar-refractivity contribution >= 4 is 22.6 Å². The first-order valence-corrected chi connectivity index (χ1v) is 7.36. The molecule has 2 heterocycles. The van der Waals surface area contributed by atoms with E-state index in [2.05, 4.69) is 0 Å². The van der Waals surface area contributed by atoms with Crippen LogP contribution in [0.5, 0.6) is 0 Å². The van der Waals surface area contributed by atoms with Gasteiger partial charge in [0.1, 0.15) is 5.82 Å². The normalized spacial score (nSPS) is 14.1. The van der Waals surface area contributed by atoms with Gasteiger partial charge in [-0.05, 0) is 31.9 Å². The van der Waals surface area contributed by atoms with Crippen molar-refractivity contribution in [2.45, 2.75) is 26.3 Å². The maximum atomic E-state index is 14.4. The zero-order chi connectivity index (χ0) is 15.9. The Morgan fingerprint density at radius 1 is 1.30 bits per heavy atom. The number of rotatable bonds is 3. The summed E-state index contributed by atoms with van der Waals surface area (Å²) in [6.45, 7) is 3.88. The van der Waals surface area contributed by atoms with Gasteiger partial charge in [0.05, 0.1) is 22.7 Å². The van der Waals surface area contributed by atoms with Crippen LogP contribution in [0.2, 0.25) is 0 Å². The summed E-state index contributed by atoms with van der Waals surface area (Å²) in [5.41, 5.74) is -0.136. The van der Waals surface area contributed by atoms with Crippen molar-refractivity contribution < 1.29 is 43.8 Å². The van der Waals surface area contributed by atoms with Gasteiger partial charge in [-0.3, -0.25) is 4.79 Å². The summed E-state index contributed by atoms with van der Waals surface area (Å²) in [7, 11) is 0. The van der Waals surface area contributed by atoms with E-state index in [1.54, 1.807) is 10.6 Å². The number of hydrogen-bond donors (Lipinski definition) is 0. The van der Waals surface area contributed by atoms with Crippen LogP contribution >= 0.6 is 0 Å². The number of carboxylic acid groups (broad SMARTS) is 1. The van der Waals surface area contributed by atoms with Crippen LogP contribution in [-0.2, 0) is 6.54 Å². The Hall–Kier alpha value is -1.37. The molecule has 0 atom stereocenters. The molecule has 1 aromatic carbocycles. The average molecular weight is 326 g/mol. The second kappa shape index (κ2) is 7.03. The number of carbonyl (C=O) groups excluding carboxylic acids is 1. The SMILES string of the molecule is CCn1cc(C(=O)[O-])c(=O)c2cc(F)c(N3CCCC3)cc21.[Na+]. The van der Waals surface area contributed by atoms with Crippen LogP contribution in [0, 0.1) is 5.82 Å². The van der Waals surface area contributed by atoms with Gasteiger partial charge in [0.15, 0.2) is 5.43 Å². The molecule has 0 unspecified atom stereocenters. The van der Waals surface area contributed by atoms with Crippen molar-refractivity contribution in [1.29, 1.82) is 0 Å². The third-order valence-corrected chi connectivity index (χ3v) is 4.16. The van der Waals surface area contributed by atoms with Crippen LogP contribution in [0.1, 0.15) is 30.1 Å². The minimum atomic E-state index is -1.54. The van der Waals surface area contributed by atoms with Crippen molar-refractivity contribution in [2.75, 3.05) is 18.0 Å². The third kappa shape index (κ3) is 3.16. The first kappa shape index (κ1) is 18.0. The summed E-state index contributed by atoms with van der Waals surface area (Å²) < 4.78 is 16.0. The minimum Gasteiger partial charge on any atom is -0.545 e. The van der Waals surface area contributed by atoms with Crippen LogP contribution in [0.4, 0.5) is 10.1 Å². The van der Waals surface area contributed by atoms with E-state index < -0.39 is 22.8 Å². The van der Waals surface area contributed by atoms with Gasteiger partial charge in [-0.1, -0.05) is 0 Å². The summed E-state index contributed by atoms with van der Waals surface area (Å²) in [6, 6.07) is 2.78. The Kier molecular flexibility index (Phi) is 5.49. The van der Waals surface area contributed by atoms with Gasteiger partial charge < -0.3 is 19.4 Å². The predicted octanol–water partition coefficient (Wildman–Crippen LogP) is -1.87. The fourth-order valence-corrected chi connectivity index (χ4v) is 3.01. The van der Waals surface area contributed by atoms with Crippen LogP contribution in [0.3, 0.4) is 0 Å². The third-order valence-electron chi connectivity index (χ3n) is 4.16. The van der Waals surface area contributed by atoms with Crippen LogP contribution in [0.25, 0.3) is 10.9 Å². The zero-order valence-electron chi connectivity index (χ0n) is 13.3. The molecule has 0 spiro atoms. The molecule has 0 N–H and O–H groups in total. The number of fused-ring (bicyclic) bond motifs is 1. The van der Waals surface area contributed by atoms with Crippen LogP contribution in [-0.4, -0.2) is 23.6 Å². The molecule has 1 fully saturated rings. The number of aromatic nitrogens is 1. The van der Waals surface area contributed by atoms with Gasteiger partial charge in [0.2, 0.25) is 0 Å². The molecule has 1 aromatic heterocycles. The average Bonchev–Trinajstić information content (AvgIpc) is 3.01. The second-order valence-electron chi connectivity index (χ2n) is 5.46. The second-order valence-corrected chi connectivity index (χ2v) is 5.46. The molecule has 2 aromatic rings. The number of carbonyl (C=O) groups is 1. The Bertz CT molecular complexity index is 813. The summed E-state index contributed by atoms with van der Waals surface area (Å²) in [5.74, 6) is -2.04. The van der Waals surface area contributed by atoms with E-state index in [4.69, 9.17) is 0 Å². The number of aromatic carboxylic acids is 1. The van der Waals surface area contributed by atoms with E-state index in [9.17, 15) is 19.1 Å². The summed E-state index contributed by atoms with van der Waals surface area (Å²) in [6.07, 6.45) is 3.30. The number of halogens is 1. The zero-order valence-corrected chi connectivity index (χ0v) is 15.3. The standard InChI is InChI=1S/C16H17FN2O3.Na/c1-2-18-9-11(16(21)22)15(20)10-7-12(17)14(8-13(10)18)19-5-3-4-6-19;/h7-9H,2-6H2,1H3,(H,21,22);/q;+1/p-1. The molecule has 116 valence electrons. The predicted molar refractivity (Wildman–Crippen MR) is 79.6 cm³/mol. The summed E-state index contributed by atoms with van der Waals surface area (Å²) in [4.78, 5) is 25.2. The Morgan fingerprint density at radius 2 is 1.96 bits per heavy atom. The van der Waals surface area contributed by atoms with Gasteiger partial charge in [-0.15, -0.1) is 0 Å². The summed E-state index contributed by atoms with van der Waals surface area (Å²) in [5, 5.41) is 11.1. The van der Waals surface area contributed by atoms with Crippen LogP contribution in [0.15, 0.2) is 23.1 Å². The van der Waals surface area contributed by atoms with Gasteiger partial charge in [-0.25, -0.2) is 4.39 Å². The smallest absolute Gasteiger partial charge is 0.545 e. The van der Waals surface area contributed by atoms with E-state index in [1.165, 1.54) is 6.20 Å². The fourth-order valence-electron chi connectivity index (χ4n) is 3.01. The molecule has 7 heteroatoms. The number of anilines is 1. The molecule has 0 amide bonds. The molecule has 5 nitrogen and oxygen atoms in total. The van der Waals surface area contributed by atoms with Gasteiger partial charge in [-0.2, -0.15) is 0 Å². The molecule has 0 saturated carbocycles. The molecule has 1 saturated heterocycles. The molecule has 23 heavy (non-hydrogen) atoms. The topological polar surface area (TPSA) is 65.4 Å². The van der Waals surface area contributed by atoms with E-state index in [0.717, 1.165) is 32.0 Å². The van der Waals surface area contributed by atoms with Crippen molar-refractivity contribution in [2.24, 2.45) is 0 Å². The maximum absolute atomic E-state index is 14.4. The van der Waals surface area contributed by atoms with Crippen LogP contribution < -0.4 is 45.0 Å². The Balaban J connectivity index is 0.00000192. The molecular weight excluding hydrogens is 310 g/mol. The number of nitrogens with zero attached hydrogens (tertiary/aromatic N) is 2. The van der Waals surface area contributed by atoms with E-state index in [-0.39, 0.29) is 34.9 Å². The molecule has 3 rings (SSSR count). The van der Waals surface area contributed by atoms with Crippen molar-refractivity contribution in [1.82, 2.24) is 4.57 Å². The monoisotopic (exact) mass is 326 g/mol. The van der Waals surface area contributed by atoms with Crippen molar-refractivity contribution in [3.05, 3.63) is 39.9 Å². The number of hydrogen-bond acceptors (Lipinski definition) is 4. The molecule has 1 aliphatic heterocycles. The Labute approximate surface area is 155 Å². The van der Waals surface area contributed by atoms with E-state index in [0.29, 0.717) is 17.7 Å². The van der Waals surface area contributed by atoms with Gasteiger partial charge in [0.25, 0.3) is 0 Å². The number of carboxylic acids is 1. The molecule has 1 aliphatic rings.